The Kier molecular flexibility index (Phi) is 4.04. The zero-order valence-corrected chi connectivity index (χ0v) is 11.0. The first-order valence-corrected chi connectivity index (χ1v) is 6.64. The van der Waals surface area contributed by atoms with Crippen molar-refractivity contribution in [3.8, 4) is 0 Å². The molecular weight excluding hydrogens is 232 g/mol. The number of rotatable bonds is 2. The van der Waals surface area contributed by atoms with Gasteiger partial charge in [0.15, 0.2) is 0 Å². The van der Waals surface area contributed by atoms with E-state index in [0.29, 0.717) is 0 Å². The highest BCUT2D eigenvalue weighted by molar-refractivity contribution is 5.67. The van der Waals surface area contributed by atoms with E-state index in [4.69, 9.17) is 9.47 Å². The summed E-state index contributed by atoms with van der Waals surface area (Å²) in [6, 6.07) is 0. The minimum Gasteiger partial charge on any atom is -0.458 e. The van der Waals surface area contributed by atoms with Gasteiger partial charge in [-0.15, -0.1) is 0 Å². The lowest BCUT2D eigenvalue weighted by atomic mass is 9.79. The Morgan fingerprint density at radius 2 is 1.28 bits per heavy atom. The average Bonchev–Trinajstić information content (AvgIpc) is 2.29. The molecule has 0 fully saturated rings. The zero-order valence-electron chi connectivity index (χ0n) is 11.0. The van der Waals surface area contributed by atoms with Crippen LogP contribution in [0.25, 0.3) is 0 Å². The largest absolute Gasteiger partial charge is 0.458 e. The molecule has 0 radical (unpaired) electrons. The molecule has 100 valence electrons. The van der Waals surface area contributed by atoms with E-state index in [9.17, 15) is 9.59 Å². The topological polar surface area (TPSA) is 52.6 Å². The maximum absolute atomic E-state index is 11.1. The quantitative estimate of drug-likeness (QED) is 0.559. The van der Waals surface area contributed by atoms with Crippen molar-refractivity contribution in [1.82, 2.24) is 0 Å². The Morgan fingerprint density at radius 1 is 0.889 bits per heavy atom. The molecule has 0 heterocycles. The zero-order chi connectivity index (χ0) is 13.1. The van der Waals surface area contributed by atoms with Crippen molar-refractivity contribution in [2.75, 3.05) is 0 Å². The fourth-order valence-electron chi connectivity index (χ4n) is 3.02. The lowest BCUT2D eigenvalue weighted by Gasteiger charge is -2.35. The van der Waals surface area contributed by atoms with E-state index in [1.165, 1.54) is 25.0 Å². The van der Waals surface area contributed by atoms with Gasteiger partial charge >= 0.3 is 11.9 Å². The lowest BCUT2D eigenvalue weighted by Crippen LogP contribution is -2.32. The van der Waals surface area contributed by atoms with Crippen LogP contribution in [0.15, 0.2) is 11.1 Å². The summed E-state index contributed by atoms with van der Waals surface area (Å²) in [5.41, 5.74) is 2.41. The van der Waals surface area contributed by atoms with Crippen LogP contribution in [-0.2, 0) is 19.1 Å². The van der Waals surface area contributed by atoms with Crippen LogP contribution in [0, 0.1) is 0 Å². The van der Waals surface area contributed by atoms with Crippen molar-refractivity contribution in [1.29, 1.82) is 0 Å². The number of hydrogen-bond acceptors (Lipinski definition) is 4. The maximum Gasteiger partial charge on any atom is 0.303 e. The third-order valence-electron chi connectivity index (χ3n) is 3.63. The third-order valence-corrected chi connectivity index (χ3v) is 3.63. The van der Waals surface area contributed by atoms with Crippen molar-refractivity contribution >= 4 is 11.9 Å². The summed E-state index contributed by atoms with van der Waals surface area (Å²) >= 11 is 0. The van der Waals surface area contributed by atoms with Gasteiger partial charge in [-0.3, -0.25) is 9.59 Å². The normalized spacial score (nSPS) is 27.4. The fourth-order valence-corrected chi connectivity index (χ4v) is 3.02. The number of carbonyl (C=O) groups is 2. The Labute approximate surface area is 107 Å². The summed E-state index contributed by atoms with van der Waals surface area (Å²) in [5, 5.41) is 0. The molecule has 0 aromatic carbocycles. The highest BCUT2D eigenvalue weighted by Gasteiger charge is 2.33. The van der Waals surface area contributed by atoms with E-state index in [-0.39, 0.29) is 24.1 Å². The molecule has 0 saturated carbocycles. The molecule has 2 aliphatic rings. The summed E-state index contributed by atoms with van der Waals surface area (Å²) in [6.07, 6.45) is 5.52. The van der Waals surface area contributed by atoms with E-state index < -0.39 is 0 Å². The molecule has 0 N–H and O–H groups in total. The molecule has 4 nitrogen and oxygen atoms in total. The van der Waals surface area contributed by atoms with Crippen molar-refractivity contribution < 1.29 is 19.1 Å². The van der Waals surface area contributed by atoms with E-state index in [1.54, 1.807) is 0 Å². The van der Waals surface area contributed by atoms with Crippen LogP contribution >= 0.6 is 0 Å². The smallest absolute Gasteiger partial charge is 0.303 e. The Hall–Kier alpha value is -1.32. The van der Waals surface area contributed by atoms with Crippen molar-refractivity contribution in [2.24, 2.45) is 0 Å². The molecule has 0 bridgehead atoms. The van der Waals surface area contributed by atoms with Crippen LogP contribution in [0.2, 0.25) is 0 Å². The Balaban J connectivity index is 2.19. The van der Waals surface area contributed by atoms with Gasteiger partial charge in [-0.1, -0.05) is 0 Å². The highest BCUT2D eigenvalue weighted by Crippen LogP contribution is 2.38. The summed E-state index contributed by atoms with van der Waals surface area (Å²) in [4.78, 5) is 22.2. The summed E-state index contributed by atoms with van der Waals surface area (Å²) in [5.74, 6) is -0.466. The van der Waals surface area contributed by atoms with Gasteiger partial charge in [0.05, 0.1) is 0 Å². The molecule has 0 unspecified atom stereocenters. The van der Waals surface area contributed by atoms with Crippen LogP contribution in [0.3, 0.4) is 0 Å². The van der Waals surface area contributed by atoms with Gasteiger partial charge < -0.3 is 9.47 Å². The van der Waals surface area contributed by atoms with Crippen LogP contribution < -0.4 is 0 Å². The molecule has 0 aromatic rings. The maximum atomic E-state index is 11.1. The van der Waals surface area contributed by atoms with Gasteiger partial charge in [-0.05, 0) is 49.7 Å². The summed E-state index contributed by atoms with van der Waals surface area (Å²) in [6.45, 7) is 2.89. The van der Waals surface area contributed by atoms with Crippen molar-refractivity contribution in [3.63, 3.8) is 0 Å². The van der Waals surface area contributed by atoms with Gasteiger partial charge in [0.1, 0.15) is 12.2 Å². The molecule has 4 heteroatoms. The fraction of sp³-hybridized carbons (Fsp3) is 0.714. The predicted molar refractivity (Wildman–Crippen MR) is 65.8 cm³/mol. The number of carbonyl (C=O) groups excluding carboxylic acids is 2. The minimum absolute atomic E-state index is 0.0930. The molecule has 0 saturated heterocycles. The lowest BCUT2D eigenvalue weighted by molar-refractivity contribution is -0.148. The van der Waals surface area contributed by atoms with Crippen molar-refractivity contribution in [2.45, 2.75) is 64.6 Å². The standard InChI is InChI=1S/C14H20O4/c1-9(15)17-13-7-3-6-12-11(13)5-4-8-14(12)18-10(2)16/h13-14H,3-8H2,1-2H3/t13-,14+. The van der Waals surface area contributed by atoms with Gasteiger partial charge in [-0.25, -0.2) is 0 Å². The molecule has 0 spiro atoms. The van der Waals surface area contributed by atoms with Gasteiger partial charge in [-0.2, -0.15) is 0 Å². The average molecular weight is 252 g/mol. The summed E-state index contributed by atoms with van der Waals surface area (Å²) in [7, 11) is 0. The molecule has 0 amide bonds. The molecule has 2 aliphatic carbocycles. The molecule has 18 heavy (non-hydrogen) atoms. The first kappa shape index (κ1) is 13.1. The molecule has 2 atom stereocenters. The summed E-state index contributed by atoms with van der Waals surface area (Å²) < 4.78 is 10.8. The first-order valence-electron chi connectivity index (χ1n) is 6.64. The predicted octanol–water partition coefficient (Wildman–Crippen LogP) is 2.51. The number of hydrogen-bond donors (Lipinski definition) is 0. The SMILES string of the molecule is CC(=O)O[C@H]1CCCC2=C1CCC[C@H]2OC(C)=O. The van der Waals surface area contributed by atoms with Gasteiger partial charge in [0.2, 0.25) is 0 Å². The van der Waals surface area contributed by atoms with Crippen LogP contribution in [-0.4, -0.2) is 24.1 Å². The van der Waals surface area contributed by atoms with Crippen LogP contribution in [0.1, 0.15) is 52.4 Å². The van der Waals surface area contributed by atoms with Crippen molar-refractivity contribution in [3.05, 3.63) is 11.1 Å². The Morgan fingerprint density at radius 3 is 1.61 bits per heavy atom. The van der Waals surface area contributed by atoms with E-state index in [1.807, 2.05) is 0 Å². The van der Waals surface area contributed by atoms with E-state index in [2.05, 4.69) is 0 Å². The second-order valence-electron chi connectivity index (χ2n) is 5.03. The Bertz CT molecular complexity index is 347. The van der Waals surface area contributed by atoms with Crippen LogP contribution in [0.4, 0.5) is 0 Å². The van der Waals surface area contributed by atoms with Gasteiger partial charge in [0, 0.05) is 13.8 Å². The minimum atomic E-state index is -0.233. The monoisotopic (exact) mass is 252 g/mol. The highest BCUT2D eigenvalue weighted by atomic mass is 16.5. The molecule has 0 aromatic heterocycles. The molecular formula is C14H20O4. The van der Waals surface area contributed by atoms with E-state index in [0.717, 1.165) is 38.5 Å². The van der Waals surface area contributed by atoms with Crippen LogP contribution in [0.5, 0.6) is 0 Å². The second-order valence-corrected chi connectivity index (χ2v) is 5.03. The molecule has 2 rings (SSSR count). The molecule has 0 aliphatic heterocycles. The number of esters is 2. The third kappa shape index (κ3) is 2.92. The number of ether oxygens (including phenoxy) is 2. The van der Waals surface area contributed by atoms with E-state index >= 15 is 0 Å². The van der Waals surface area contributed by atoms with Gasteiger partial charge in [0.25, 0.3) is 0 Å². The second kappa shape index (κ2) is 5.55. The first-order chi connectivity index (χ1) is 8.58.